The van der Waals surface area contributed by atoms with Gasteiger partial charge < -0.3 is 5.32 Å². The molecule has 0 aliphatic rings. The molecule has 118 valence electrons. The van der Waals surface area contributed by atoms with Gasteiger partial charge in [0.1, 0.15) is 0 Å². The molecular weight excluding hydrogens is 264 g/mol. The molecule has 0 aromatic heterocycles. The Hall–Kier alpha value is -1.42. The van der Waals surface area contributed by atoms with Crippen LogP contribution in [0.25, 0.3) is 0 Å². The van der Waals surface area contributed by atoms with E-state index < -0.39 is 0 Å². The van der Waals surface area contributed by atoms with Crippen molar-refractivity contribution in [3.05, 3.63) is 39.9 Å². The molecule has 0 amide bonds. The van der Waals surface area contributed by atoms with E-state index in [0.29, 0.717) is 6.04 Å². The summed E-state index contributed by atoms with van der Waals surface area (Å²) in [6.07, 6.45) is 6.94. The van der Waals surface area contributed by atoms with E-state index >= 15 is 0 Å². The van der Waals surface area contributed by atoms with Crippen LogP contribution in [-0.2, 0) is 0 Å². The van der Waals surface area contributed by atoms with Crippen LogP contribution >= 0.6 is 0 Å². The highest BCUT2D eigenvalue weighted by molar-refractivity contribution is 5.35. The van der Waals surface area contributed by atoms with E-state index in [-0.39, 0.29) is 16.7 Å². The molecule has 1 aromatic carbocycles. The Labute approximate surface area is 128 Å². The Morgan fingerprint density at radius 1 is 1.19 bits per heavy atom. The third kappa shape index (κ3) is 6.25. The summed E-state index contributed by atoms with van der Waals surface area (Å²) in [7, 11) is 0. The molecule has 1 aromatic rings. The SMILES string of the molecule is CCCCCC(C)NC(CCC)c1cccc([N+](=O)[O-])c1. The van der Waals surface area contributed by atoms with Crippen LogP contribution in [0.15, 0.2) is 24.3 Å². The number of unbranched alkanes of at least 4 members (excludes halogenated alkanes) is 2. The van der Waals surface area contributed by atoms with Gasteiger partial charge in [0, 0.05) is 24.2 Å². The van der Waals surface area contributed by atoms with Crippen LogP contribution in [0, 0.1) is 10.1 Å². The fraction of sp³-hybridized carbons (Fsp3) is 0.647. The smallest absolute Gasteiger partial charge is 0.269 e. The zero-order valence-corrected chi connectivity index (χ0v) is 13.5. The van der Waals surface area contributed by atoms with Crippen LogP contribution in [0.4, 0.5) is 5.69 Å². The first-order valence-electron chi connectivity index (χ1n) is 8.08. The van der Waals surface area contributed by atoms with Gasteiger partial charge in [-0.3, -0.25) is 10.1 Å². The Balaban J connectivity index is 2.71. The molecule has 4 heteroatoms. The molecule has 0 fully saturated rings. The lowest BCUT2D eigenvalue weighted by atomic mass is 9.99. The van der Waals surface area contributed by atoms with Gasteiger partial charge in [0.25, 0.3) is 5.69 Å². The van der Waals surface area contributed by atoms with Crippen LogP contribution in [0.2, 0.25) is 0 Å². The van der Waals surface area contributed by atoms with Crippen molar-refractivity contribution >= 4 is 5.69 Å². The molecule has 0 aliphatic heterocycles. The Kier molecular flexibility index (Phi) is 7.98. The molecule has 0 radical (unpaired) electrons. The van der Waals surface area contributed by atoms with Gasteiger partial charge in [-0.15, -0.1) is 0 Å². The van der Waals surface area contributed by atoms with Crippen LogP contribution in [-0.4, -0.2) is 11.0 Å². The molecule has 0 saturated heterocycles. The molecular formula is C17H28N2O2. The number of hydrogen-bond donors (Lipinski definition) is 1. The van der Waals surface area contributed by atoms with Crippen molar-refractivity contribution in [3.8, 4) is 0 Å². The Bertz CT molecular complexity index is 435. The number of rotatable bonds is 10. The van der Waals surface area contributed by atoms with E-state index in [1.165, 1.54) is 19.3 Å². The molecule has 21 heavy (non-hydrogen) atoms. The van der Waals surface area contributed by atoms with Crippen molar-refractivity contribution < 1.29 is 4.92 Å². The topological polar surface area (TPSA) is 55.2 Å². The third-order valence-electron chi connectivity index (χ3n) is 3.79. The fourth-order valence-electron chi connectivity index (χ4n) is 2.62. The summed E-state index contributed by atoms with van der Waals surface area (Å²) in [5.41, 5.74) is 1.20. The molecule has 0 spiro atoms. The minimum atomic E-state index is -0.322. The van der Waals surface area contributed by atoms with Gasteiger partial charge in [-0.05, 0) is 25.3 Å². The minimum Gasteiger partial charge on any atom is -0.307 e. The van der Waals surface area contributed by atoms with Gasteiger partial charge in [0.15, 0.2) is 0 Å². The molecule has 4 nitrogen and oxygen atoms in total. The Morgan fingerprint density at radius 2 is 1.95 bits per heavy atom. The average molecular weight is 292 g/mol. The standard InChI is InChI=1S/C17H28N2O2/c1-4-6-7-10-14(3)18-17(9-5-2)15-11-8-12-16(13-15)19(20)21/h8,11-14,17-18H,4-7,9-10H2,1-3H3. The van der Waals surface area contributed by atoms with Crippen molar-refractivity contribution in [1.82, 2.24) is 5.32 Å². The number of benzene rings is 1. The van der Waals surface area contributed by atoms with Crippen molar-refractivity contribution in [2.45, 2.75) is 71.4 Å². The average Bonchev–Trinajstić information content (AvgIpc) is 2.47. The van der Waals surface area contributed by atoms with Crippen molar-refractivity contribution in [2.24, 2.45) is 0 Å². The number of nitro benzene ring substituents is 1. The van der Waals surface area contributed by atoms with E-state index in [1.807, 2.05) is 6.07 Å². The molecule has 0 heterocycles. The monoisotopic (exact) mass is 292 g/mol. The lowest BCUT2D eigenvalue weighted by molar-refractivity contribution is -0.384. The van der Waals surface area contributed by atoms with E-state index in [9.17, 15) is 10.1 Å². The van der Waals surface area contributed by atoms with Gasteiger partial charge >= 0.3 is 0 Å². The first kappa shape index (κ1) is 17.6. The number of nitrogens with one attached hydrogen (secondary N) is 1. The fourth-order valence-corrected chi connectivity index (χ4v) is 2.62. The van der Waals surface area contributed by atoms with Crippen molar-refractivity contribution in [1.29, 1.82) is 0 Å². The zero-order valence-electron chi connectivity index (χ0n) is 13.5. The normalized spacial score (nSPS) is 13.9. The second-order valence-electron chi connectivity index (χ2n) is 5.76. The molecule has 2 atom stereocenters. The van der Waals surface area contributed by atoms with E-state index in [0.717, 1.165) is 24.8 Å². The van der Waals surface area contributed by atoms with Crippen LogP contribution in [0.3, 0.4) is 0 Å². The van der Waals surface area contributed by atoms with Gasteiger partial charge in [-0.2, -0.15) is 0 Å². The maximum Gasteiger partial charge on any atom is 0.269 e. The zero-order chi connectivity index (χ0) is 15.7. The molecule has 0 aliphatic carbocycles. The predicted octanol–water partition coefficient (Wildman–Crippen LogP) is 4.99. The van der Waals surface area contributed by atoms with Gasteiger partial charge in [-0.1, -0.05) is 51.7 Å². The number of nitro groups is 1. The van der Waals surface area contributed by atoms with E-state index in [1.54, 1.807) is 18.2 Å². The second-order valence-corrected chi connectivity index (χ2v) is 5.76. The number of non-ortho nitro benzene ring substituents is 1. The Morgan fingerprint density at radius 3 is 2.57 bits per heavy atom. The quantitative estimate of drug-likeness (QED) is 0.375. The maximum absolute atomic E-state index is 10.9. The van der Waals surface area contributed by atoms with Crippen LogP contribution in [0.5, 0.6) is 0 Å². The highest BCUT2D eigenvalue weighted by Gasteiger charge is 2.16. The largest absolute Gasteiger partial charge is 0.307 e. The summed E-state index contributed by atoms with van der Waals surface area (Å²) in [6.45, 7) is 6.56. The summed E-state index contributed by atoms with van der Waals surface area (Å²) >= 11 is 0. The highest BCUT2D eigenvalue weighted by Crippen LogP contribution is 2.24. The van der Waals surface area contributed by atoms with Gasteiger partial charge in [0.05, 0.1) is 4.92 Å². The van der Waals surface area contributed by atoms with Crippen LogP contribution < -0.4 is 5.32 Å². The third-order valence-corrected chi connectivity index (χ3v) is 3.79. The van der Waals surface area contributed by atoms with Crippen molar-refractivity contribution in [2.75, 3.05) is 0 Å². The van der Waals surface area contributed by atoms with Crippen LogP contribution in [0.1, 0.15) is 70.9 Å². The number of nitrogens with zero attached hydrogens (tertiary/aromatic N) is 1. The predicted molar refractivity (Wildman–Crippen MR) is 87.5 cm³/mol. The minimum absolute atomic E-state index is 0.175. The summed E-state index contributed by atoms with van der Waals surface area (Å²) in [5, 5.41) is 14.6. The molecule has 1 rings (SSSR count). The summed E-state index contributed by atoms with van der Waals surface area (Å²) in [4.78, 5) is 10.6. The van der Waals surface area contributed by atoms with Crippen molar-refractivity contribution in [3.63, 3.8) is 0 Å². The highest BCUT2D eigenvalue weighted by atomic mass is 16.6. The first-order chi connectivity index (χ1) is 10.1. The summed E-state index contributed by atoms with van der Waals surface area (Å²) in [5.74, 6) is 0. The maximum atomic E-state index is 10.9. The lowest BCUT2D eigenvalue weighted by Crippen LogP contribution is -2.30. The molecule has 0 saturated carbocycles. The molecule has 0 bridgehead atoms. The summed E-state index contributed by atoms with van der Waals surface area (Å²) in [6, 6.07) is 7.65. The van der Waals surface area contributed by atoms with Gasteiger partial charge in [0.2, 0.25) is 0 Å². The second kappa shape index (κ2) is 9.50. The summed E-state index contributed by atoms with van der Waals surface area (Å²) < 4.78 is 0. The lowest BCUT2D eigenvalue weighted by Gasteiger charge is -2.23. The van der Waals surface area contributed by atoms with E-state index in [4.69, 9.17) is 0 Å². The number of hydrogen-bond acceptors (Lipinski definition) is 3. The molecule has 1 N–H and O–H groups in total. The molecule has 2 unspecified atom stereocenters. The first-order valence-corrected chi connectivity index (χ1v) is 8.08. The van der Waals surface area contributed by atoms with E-state index in [2.05, 4.69) is 26.1 Å². The van der Waals surface area contributed by atoms with Gasteiger partial charge in [-0.25, -0.2) is 0 Å².